The summed E-state index contributed by atoms with van der Waals surface area (Å²) in [6.07, 6.45) is 28.1. The number of rotatable bonds is 25. The van der Waals surface area contributed by atoms with Crippen molar-refractivity contribution in [2.75, 3.05) is 19.8 Å². The first-order valence-electron chi connectivity index (χ1n) is 13.4. The molecule has 29 heavy (non-hydrogen) atoms. The summed E-state index contributed by atoms with van der Waals surface area (Å²) in [5, 5.41) is 10.4. The van der Waals surface area contributed by atoms with Gasteiger partial charge in [0.25, 0.3) is 0 Å². The minimum Gasteiger partial charge on any atom is -0.381 e. The SMILES string of the molecule is CC(C)CCCCCCCCCCOCCCCCCCCCCCCCC[O]. The zero-order valence-electron chi connectivity index (χ0n) is 20.4. The summed E-state index contributed by atoms with van der Waals surface area (Å²) in [4.78, 5) is 0. The first-order chi connectivity index (χ1) is 14.3. The van der Waals surface area contributed by atoms with E-state index >= 15 is 0 Å². The number of unbranched alkanes of at least 4 members (excludes halogenated alkanes) is 18. The fourth-order valence-electron chi connectivity index (χ4n) is 3.99. The Morgan fingerprint density at radius 1 is 0.448 bits per heavy atom. The van der Waals surface area contributed by atoms with Crippen LogP contribution in [0.25, 0.3) is 0 Å². The second kappa shape index (κ2) is 26.0. The summed E-state index contributed by atoms with van der Waals surface area (Å²) in [5.41, 5.74) is 0. The molecule has 0 spiro atoms. The lowest BCUT2D eigenvalue weighted by molar-refractivity contribution is 0.125. The van der Waals surface area contributed by atoms with E-state index in [9.17, 15) is 5.11 Å². The summed E-state index contributed by atoms with van der Waals surface area (Å²) in [5.74, 6) is 0.877. The maximum Gasteiger partial charge on any atom is 0.0822 e. The molecule has 0 aliphatic rings. The molecule has 0 heterocycles. The van der Waals surface area contributed by atoms with E-state index in [0.29, 0.717) is 0 Å². The van der Waals surface area contributed by atoms with Crippen molar-refractivity contribution < 1.29 is 9.84 Å². The lowest BCUT2D eigenvalue weighted by atomic mass is 10.0. The molecule has 0 unspecified atom stereocenters. The van der Waals surface area contributed by atoms with Crippen molar-refractivity contribution >= 4 is 0 Å². The van der Waals surface area contributed by atoms with E-state index in [1.54, 1.807) is 0 Å². The topological polar surface area (TPSA) is 29.1 Å². The van der Waals surface area contributed by atoms with Gasteiger partial charge in [-0.05, 0) is 25.2 Å². The van der Waals surface area contributed by atoms with Gasteiger partial charge in [-0.15, -0.1) is 0 Å². The van der Waals surface area contributed by atoms with E-state index in [4.69, 9.17) is 4.74 Å². The zero-order valence-corrected chi connectivity index (χ0v) is 20.4. The predicted octanol–water partition coefficient (Wildman–Crippen LogP) is 9.28. The van der Waals surface area contributed by atoms with E-state index < -0.39 is 0 Å². The number of hydrogen-bond donors (Lipinski definition) is 0. The van der Waals surface area contributed by atoms with Crippen LogP contribution in [0.3, 0.4) is 0 Å². The molecule has 0 aliphatic carbocycles. The van der Waals surface area contributed by atoms with Crippen LogP contribution in [0.1, 0.15) is 149 Å². The fourth-order valence-corrected chi connectivity index (χ4v) is 3.99. The summed E-state index contributed by atoms with van der Waals surface area (Å²) in [6, 6.07) is 0. The van der Waals surface area contributed by atoms with Gasteiger partial charge in [-0.25, -0.2) is 5.11 Å². The third-order valence-corrected chi connectivity index (χ3v) is 6.00. The summed E-state index contributed by atoms with van der Waals surface area (Å²) < 4.78 is 5.80. The van der Waals surface area contributed by atoms with Crippen molar-refractivity contribution in [1.82, 2.24) is 0 Å². The molecular weight excluding hydrogens is 356 g/mol. The molecule has 0 amide bonds. The molecule has 0 bridgehead atoms. The molecule has 0 fully saturated rings. The molecule has 0 atom stereocenters. The van der Waals surface area contributed by atoms with Gasteiger partial charge in [0, 0.05) is 13.2 Å². The van der Waals surface area contributed by atoms with Crippen molar-refractivity contribution in [3.8, 4) is 0 Å². The maximum atomic E-state index is 10.4. The van der Waals surface area contributed by atoms with E-state index in [1.807, 2.05) is 0 Å². The molecule has 0 saturated carbocycles. The Hall–Kier alpha value is -0.0800. The van der Waals surface area contributed by atoms with Crippen LogP contribution in [-0.4, -0.2) is 19.8 Å². The van der Waals surface area contributed by atoms with Crippen molar-refractivity contribution in [3.05, 3.63) is 0 Å². The van der Waals surface area contributed by atoms with Gasteiger partial charge in [-0.2, -0.15) is 0 Å². The molecule has 2 heteroatoms. The van der Waals surface area contributed by atoms with Crippen LogP contribution in [-0.2, 0) is 9.84 Å². The highest BCUT2D eigenvalue weighted by Crippen LogP contribution is 2.13. The number of hydrogen-bond acceptors (Lipinski definition) is 1. The standard InChI is InChI=1S/C27H55O2/c1-27(2)23-19-15-11-7-10-14-18-22-26-29-25-21-17-13-9-6-4-3-5-8-12-16-20-24-28/h27H,3-26H2,1-2H3. The monoisotopic (exact) mass is 411 g/mol. The molecule has 0 aromatic heterocycles. The Kier molecular flexibility index (Phi) is 25.9. The Bertz CT molecular complexity index is 278. The highest BCUT2D eigenvalue weighted by Gasteiger charge is 1.97. The van der Waals surface area contributed by atoms with Crippen molar-refractivity contribution in [3.63, 3.8) is 0 Å². The van der Waals surface area contributed by atoms with Crippen LogP contribution in [0.5, 0.6) is 0 Å². The molecule has 175 valence electrons. The third-order valence-electron chi connectivity index (χ3n) is 6.00. The second-order valence-electron chi connectivity index (χ2n) is 9.57. The van der Waals surface area contributed by atoms with Crippen LogP contribution in [0, 0.1) is 5.92 Å². The average molecular weight is 412 g/mol. The van der Waals surface area contributed by atoms with Crippen LogP contribution in [0.4, 0.5) is 0 Å². The van der Waals surface area contributed by atoms with Crippen molar-refractivity contribution in [2.45, 2.75) is 149 Å². The third kappa shape index (κ3) is 27.9. The second-order valence-corrected chi connectivity index (χ2v) is 9.57. The van der Waals surface area contributed by atoms with Crippen LogP contribution < -0.4 is 0 Å². The zero-order chi connectivity index (χ0) is 21.3. The molecule has 1 radical (unpaired) electrons. The van der Waals surface area contributed by atoms with E-state index in [1.165, 1.54) is 122 Å². The van der Waals surface area contributed by atoms with Gasteiger partial charge in [0.1, 0.15) is 0 Å². The smallest absolute Gasteiger partial charge is 0.0822 e. The van der Waals surface area contributed by atoms with E-state index in [-0.39, 0.29) is 6.61 Å². The van der Waals surface area contributed by atoms with Crippen molar-refractivity contribution in [1.29, 1.82) is 0 Å². The fraction of sp³-hybridized carbons (Fsp3) is 1.00. The Balaban J connectivity index is 2.98. The van der Waals surface area contributed by atoms with Gasteiger partial charge in [-0.1, -0.05) is 129 Å². The minimum absolute atomic E-state index is 0.115. The molecular formula is C27H55O2. The Morgan fingerprint density at radius 3 is 1.10 bits per heavy atom. The Morgan fingerprint density at radius 2 is 0.759 bits per heavy atom. The van der Waals surface area contributed by atoms with Gasteiger partial charge in [0.2, 0.25) is 0 Å². The number of ether oxygens (including phenoxy) is 1. The highest BCUT2D eigenvalue weighted by atomic mass is 16.5. The van der Waals surface area contributed by atoms with Crippen molar-refractivity contribution in [2.24, 2.45) is 5.92 Å². The van der Waals surface area contributed by atoms with Crippen LogP contribution >= 0.6 is 0 Å². The molecule has 0 N–H and O–H groups in total. The van der Waals surface area contributed by atoms with Crippen LogP contribution in [0.15, 0.2) is 0 Å². The summed E-state index contributed by atoms with van der Waals surface area (Å²) in [7, 11) is 0. The molecule has 0 rings (SSSR count). The lowest BCUT2D eigenvalue weighted by Crippen LogP contribution is -1.97. The summed E-state index contributed by atoms with van der Waals surface area (Å²) >= 11 is 0. The van der Waals surface area contributed by atoms with Crippen LogP contribution in [0.2, 0.25) is 0 Å². The summed E-state index contributed by atoms with van der Waals surface area (Å²) in [6.45, 7) is 6.72. The molecule has 0 aromatic carbocycles. The Labute approximate surface area is 184 Å². The minimum atomic E-state index is 0.115. The first-order valence-corrected chi connectivity index (χ1v) is 13.4. The van der Waals surface area contributed by atoms with Gasteiger partial charge in [-0.3, -0.25) is 0 Å². The van der Waals surface area contributed by atoms with Gasteiger partial charge >= 0.3 is 0 Å². The normalized spacial score (nSPS) is 11.6. The van der Waals surface area contributed by atoms with Gasteiger partial charge in [0.15, 0.2) is 0 Å². The highest BCUT2D eigenvalue weighted by molar-refractivity contribution is 4.51. The maximum absolute atomic E-state index is 10.4. The molecule has 0 aromatic rings. The predicted molar refractivity (Wildman–Crippen MR) is 128 cm³/mol. The lowest BCUT2D eigenvalue weighted by Gasteiger charge is -2.06. The molecule has 2 nitrogen and oxygen atoms in total. The largest absolute Gasteiger partial charge is 0.381 e. The van der Waals surface area contributed by atoms with Gasteiger partial charge < -0.3 is 4.74 Å². The quantitative estimate of drug-likeness (QED) is 0.138. The molecule has 0 saturated heterocycles. The molecule has 0 aliphatic heterocycles. The van der Waals surface area contributed by atoms with Gasteiger partial charge in [0.05, 0.1) is 6.61 Å². The average Bonchev–Trinajstić information content (AvgIpc) is 2.71. The van der Waals surface area contributed by atoms with E-state index in [2.05, 4.69) is 13.8 Å². The van der Waals surface area contributed by atoms with E-state index in [0.717, 1.165) is 32.0 Å². The first kappa shape index (κ1) is 28.9.